The molecule has 7 heteroatoms. The molecular weight excluding hydrogens is 440 g/mol. The van der Waals surface area contributed by atoms with Crippen LogP contribution < -0.4 is 15.4 Å². The molecule has 1 atom stereocenters. The van der Waals surface area contributed by atoms with Gasteiger partial charge in [0.25, 0.3) is 0 Å². The van der Waals surface area contributed by atoms with E-state index in [4.69, 9.17) is 21.7 Å². The molecule has 2 aromatic rings. The van der Waals surface area contributed by atoms with Crippen LogP contribution in [-0.4, -0.2) is 24.3 Å². The molecule has 2 N–H and O–H groups in total. The maximum absolute atomic E-state index is 12.9. The van der Waals surface area contributed by atoms with Crippen molar-refractivity contribution in [1.29, 1.82) is 0 Å². The average molecular weight is 461 g/mol. The van der Waals surface area contributed by atoms with Crippen LogP contribution in [0.2, 0.25) is 0 Å². The topological polar surface area (TPSA) is 59.6 Å². The fourth-order valence-electron chi connectivity index (χ4n) is 3.05. The summed E-state index contributed by atoms with van der Waals surface area (Å²) in [6, 6.07) is 14.9. The molecule has 0 unspecified atom stereocenters. The maximum atomic E-state index is 12.9. The Morgan fingerprint density at radius 2 is 1.89 bits per heavy atom. The largest absolute Gasteiger partial charge is 0.493 e. The first-order valence-electron chi connectivity index (χ1n) is 9.01. The van der Waals surface area contributed by atoms with E-state index in [1.165, 1.54) is 0 Å². The maximum Gasteiger partial charge on any atom is 0.338 e. The van der Waals surface area contributed by atoms with E-state index in [1.807, 2.05) is 55.5 Å². The Labute approximate surface area is 178 Å². The molecule has 5 nitrogen and oxygen atoms in total. The lowest BCUT2D eigenvalue weighted by Crippen LogP contribution is -2.45. The molecule has 1 aliphatic rings. The van der Waals surface area contributed by atoms with E-state index >= 15 is 0 Å². The standard InChI is InChI=1S/C21H21BrN2O3S/c1-3-26-16-11-10-14(12-15(16)22)19-17(20(25)27-4-2)18(23-21(28)24-19)13-8-6-5-7-9-13/h5-12,19H,3-4H2,1-2H3,(H2,23,24,28)/t19-/m1/s1. The molecule has 0 aliphatic carbocycles. The third-order valence-electron chi connectivity index (χ3n) is 4.22. The number of carbonyl (C=O) groups is 1. The molecule has 2 aromatic carbocycles. The molecule has 0 saturated carbocycles. The number of nitrogens with one attached hydrogen (secondary N) is 2. The first-order chi connectivity index (χ1) is 13.5. The van der Waals surface area contributed by atoms with Gasteiger partial charge in [-0.3, -0.25) is 0 Å². The summed E-state index contributed by atoms with van der Waals surface area (Å²) in [5.74, 6) is 0.353. The van der Waals surface area contributed by atoms with E-state index in [0.717, 1.165) is 21.3 Å². The van der Waals surface area contributed by atoms with Crippen molar-refractivity contribution < 1.29 is 14.3 Å². The molecule has 3 rings (SSSR count). The van der Waals surface area contributed by atoms with Crippen molar-refractivity contribution in [3.63, 3.8) is 0 Å². The van der Waals surface area contributed by atoms with Crippen LogP contribution in [0.25, 0.3) is 5.70 Å². The quantitative estimate of drug-likeness (QED) is 0.493. The van der Waals surface area contributed by atoms with Crippen LogP contribution in [0.3, 0.4) is 0 Å². The van der Waals surface area contributed by atoms with Gasteiger partial charge in [0.2, 0.25) is 0 Å². The van der Waals surface area contributed by atoms with Gasteiger partial charge < -0.3 is 20.1 Å². The Morgan fingerprint density at radius 1 is 1.14 bits per heavy atom. The Morgan fingerprint density at radius 3 is 2.54 bits per heavy atom. The van der Waals surface area contributed by atoms with E-state index in [2.05, 4.69) is 26.6 Å². The summed E-state index contributed by atoms with van der Waals surface area (Å²) in [5.41, 5.74) is 2.87. The highest BCUT2D eigenvalue weighted by Crippen LogP contribution is 2.35. The van der Waals surface area contributed by atoms with Crippen LogP contribution in [0.4, 0.5) is 0 Å². The third-order valence-corrected chi connectivity index (χ3v) is 5.06. The van der Waals surface area contributed by atoms with E-state index < -0.39 is 6.04 Å². The number of esters is 1. The van der Waals surface area contributed by atoms with Crippen molar-refractivity contribution in [2.45, 2.75) is 19.9 Å². The van der Waals surface area contributed by atoms with Crippen LogP contribution in [0, 0.1) is 0 Å². The van der Waals surface area contributed by atoms with Crippen LogP contribution in [0.1, 0.15) is 31.0 Å². The second-order valence-corrected chi connectivity index (χ2v) is 7.29. The van der Waals surface area contributed by atoms with Gasteiger partial charge in [-0.1, -0.05) is 36.4 Å². The number of hydrogen-bond acceptors (Lipinski definition) is 4. The number of benzene rings is 2. The fraction of sp³-hybridized carbons (Fsp3) is 0.238. The normalized spacial score (nSPS) is 16.2. The van der Waals surface area contributed by atoms with Gasteiger partial charge in [0.15, 0.2) is 5.11 Å². The van der Waals surface area contributed by atoms with Gasteiger partial charge in [-0.05, 0) is 65.3 Å². The SMILES string of the molecule is CCOC(=O)C1=C(c2ccccc2)NC(=S)N[C@@H]1c1ccc(OCC)c(Br)c1. The summed E-state index contributed by atoms with van der Waals surface area (Å²) >= 11 is 8.96. The Hall–Kier alpha value is -2.38. The van der Waals surface area contributed by atoms with Crippen LogP contribution in [0.5, 0.6) is 5.75 Å². The first kappa shape index (κ1) is 20.4. The van der Waals surface area contributed by atoms with Crippen molar-refractivity contribution >= 4 is 44.9 Å². The molecule has 1 heterocycles. The number of ether oxygens (including phenoxy) is 2. The van der Waals surface area contributed by atoms with Crippen molar-refractivity contribution in [2.75, 3.05) is 13.2 Å². The molecule has 0 amide bonds. The Kier molecular flexibility index (Phi) is 6.70. The predicted molar refractivity (Wildman–Crippen MR) is 117 cm³/mol. The van der Waals surface area contributed by atoms with Gasteiger partial charge in [-0.15, -0.1) is 0 Å². The number of carbonyl (C=O) groups excluding carboxylic acids is 1. The second kappa shape index (κ2) is 9.21. The van der Waals surface area contributed by atoms with Gasteiger partial charge in [-0.2, -0.15) is 0 Å². The zero-order chi connectivity index (χ0) is 20.1. The van der Waals surface area contributed by atoms with Crippen molar-refractivity contribution in [3.05, 3.63) is 69.7 Å². The lowest BCUT2D eigenvalue weighted by atomic mass is 9.92. The van der Waals surface area contributed by atoms with E-state index in [0.29, 0.717) is 23.0 Å². The van der Waals surface area contributed by atoms with Gasteiger partial charge in [0, 0.05) is 0 Å². The summed E-state index contributed by atoms with van der Waals surface area (Å²) in [5, 5.41) is 6.78. The van der Waals surface area contributed by atoms with Crippen LogP contribution in [-0.2, 0) is 9.53 Å². The molecule has 0 fully saturated rings. The predicted octanol–water partition coefficient (Wildman–Crippen LogP) is 4.34. The lowest BCUT2D eigenvalue weighted by molar-refractivity contribution is -0.138. The second-order valence-electron chi connectivity index (χ2n) is 6.03. The average Bonchev–Trinajstić information content (AvgIpc) is 2.70. The lowest BCUT2D eigenvalue weighted by Gasteiger charge is -2.31. The van der Waals surface area contributed by atoms with E-state index in [9.17, 15) is 4.79 Å². The number of thiocarbonyl (C=S) groups is 1. The molecule has 0 bridgehead atoms. The minimum absolute atomic E-state index is 0.286. The summed E-state index contributed by atoms with van der Waals surface area (Å²) in [6.07, 6.45) is 0. The molecule has 0 saturated heterocycles. The highest BCUT2D eigenvalue weighted by atomic mass is 79.9. The highest BCUT2D eigenvalue weighted by Gasteiger charge is 2.33. The van der Waals surface area contributed by atoms with Crippen LogP contribution in [0.15, 0.2) is 58.6 Å². The zero-order valence-corrected chi connectivity index (χ0v) is 18.0. The van der Waals surface area contributed by atoms with E-state index in [-0.39, 0.29) is 12.6 Å². The molecule has 0 spiro atoms. The molecule has 0 radical (unpaired) electrons. The minimum atomic E-state index is -0.449. The van der Waals surface area contributed by atoms with Gasteiger partial charge in [-0.25, -0.2) is 4.79 Å². The Balaban J connectivity index is 2.13. The monoisotopic (exact) mass is 460 g/mol. The summed E-state index contributed by atoms with van der Waals surface area (Å²) in [6.45, 7) is 4.58. The fourth-order valence-corrected chi connectivity index (χ4v) is 3.78. The zero-order valence-electron chi connectivity index (χ0n) is 15.6. The smallest absolute Gasteiger partial charge is 0.338 e. The highest BCUT2D eigenvalue weighted by molar-refractivity contribution is 9.10. The summed E-state index contributed by atoms with van der Waals surface area (Å²) in [7, 11) is 0. The number of rotatable bonds is 6. The summed E-state index contributed by atoms with van der Waals surface area (Å²) in [4.78, 5) is 12.9. The van der Waals surface area contributed by atoms with Crippen LogP contribution >= 0.6 is 28.1 Å². The molecule has 1 aliphatic heterocycles. The van der Waals surface area contributed by atoms with Gasteiger partial charge in [0.05, 0.1) is 35.0 Å². The first-order valence-corrected chi connectivity index (χ1v) is 10.2. The van der Waals surface area contributed by atoms with Crippen molar-refractivity contribution in [3.8, 4) is 5.75 Å². The van der Waals surface area contributed by atoms with Crippen molar-refractivity contribution in [1.82, 2.24) is 10.6 Å². The number of halogens is 1. The third kappa shape index (κ3) is 4.36. The molecular formula is C21H21BrN2O3S. The molecule has 0 aromatic heterocycles. The summed E-state index contributed by atoms with van der Waals surface area (Å²) < 4.78 is 11.8. The number of hydrogen-bond donors (Lipinski definition) is 2. The molecule has 146 valence electrons. The van der Waals surface area contributed by atoms with Gasteiger partial charge >= 0.3 is 5.97 Å². The minimum Gasteiger partial charge on any atom is -0.493 e. The van der Waals surface area contributed by atoms with E-state index in [1.54, 1.807) is 6.92 Å². The van der Waals surface area contributed by atoms with Crippen molar-refractivity contribution in [2.24, 2.45) is 0 Å². The van der Waals surface area contributed by atoms with Gasteiger partial charge in [0.1, 0.15) is 5.75 Å². The molecule has 28 heavy (non-hydrogen) atoms. The Bertz CT molecular complexity index is 915.